The van der Waals surface area contributed by atoms with Crippen LogP contribution in [0.5, 0.6) is 0 Å². The fourth-order valence-electron chi connectivity index (χ4n) is 3.14. The number of imidazole rings is 1. The summed E-state index contributed by atoms with van der Waals surface area (Å²) in [5.41, 5.74) is 2.24. The van der Waals surface area contributed by atoms with Crippen LogP contribution < -0.4 is 0 Å². The highest BCUT2D eigenvalue weighted by atomic mass is 15.5. The number of H-pyrrole nitrogens is 1. The minimum Gasteiger partial charge on any atom is -0.346 e. The van der Waals surface area contributed by atoms with E-state index in [4.69, 9.17) is 0 Å². The highest BCUT2D eigenvalue weighted by Gasteiger charge is 2.24. The molecular weight excluding hydrogens is 288 g/mol. The van der Waals surface area contributed by atoms with Crippen molar-refractivity contribution >= 4 is 17.2 Å². The largest absolute Gasteiger partial charge is 0.346 e. The van der Waals surface area contributed by atoms with Crippen LogP contribution in [-0.2, 0) is 6.54 Å². The van der Waals surface area contributed by atoms with E-state index in [1.54, 1.807) is 0 Å². The lowest BCUT2D eigenvalue weighted by Crippen LogP contribution is -2.28. The number of pyridine rings is 1. The van der Waals surface area contributed by atoms with E-state index >= 15 is 0 Å². The predicted octanol–water partition coefficient (Wildman–Crippen LogP) is 2.62. The van der Waals surface area contributed by atoms with Crippen LogP contribution in [-0.4, -0.2) is 43.3 Å². The first-order chi connectivity index (χ1) is 11.3. The number of nitrogens with zero attached hydrogens (tertiary/aromatic N) is 5. The first kappa shape index (κ1) is 14.0. The van der Waals surface area contributed by atoms with E-state index in [1.165, 1.54) is 10.9 Å². The third-order valence-corrected chi connectivity index (χ3v) is 4.55. The monoisotopic (exact) mass is 308 g/mol. The molecule has 0 saturated carbocycles. The Morgan fingerprint density at radius 2 is 2.30 bits per heavy atom. The summed E-state index contributed by atoms with van der Waals surface area (Å²) in [7, 11) is 0. The Balaban J connectivity index is 1.43. The Bertz CT molecular complexity index is 803. The van der Waals surface area contributed by atoms with Gasteiger partial charge in [0, 0.05) is 61.4 Å². The molecular formula is C17H20N6. The Morgan fingerprint density at radius 3 is 3.17 bits per heavy atom. The van der Waals surface area contributed by atoms with Gasteiger partial charge in [0.2, 0.25) is 0 Å². The molecule has 4 rings (SSSR count). The van der Waals surface area contributed by atoms with Gasteiger partial charge in [-0.1, -0.05) is 0 Å². The molecule has 2 atom stereocenters. The maximum Gasteiger partial charge on any atom is 0.137 e. The van der Waals surface area contributed by atoms with E-state index in [1.807, 2.05) is 31.1 Å². The third kappa shape index (κ3) is 2.72. The molecule has 0 saturated heterocycles. The molecule has 1 N–H and O–H groups in total. The van der Waals surface area contributed by atoms with Gasteiger partial charge in [-0.05, 0) is 31.0 Å². The van der Waals surface area contributed by atoms with Gasteiger partial charge in [0.15, 0.2) is 0 Å². The van der Waals surface area contributed by atoms with Crippen LogP contribution in [0.15, 0.2) is 48.3 Å². The Hall–Kier alpha value is -2.63. The van der Waals surface area contributed by atoms with Gasteiger partial charge < -0.3 is 9.55 Å². The van der Waals surface area contributed by atoms with Gasteiger partial charge in [0.1, 0.15) is 5.65 Å². The Kier molecular flexibility index (Phi) is 3.57. The van der Waals surface area contributed by atoms with Crippen LogP contribution in [0, 0.1) is 0 Å². The van der Waals surface area contributed by atoms with Crippen LogP contribution in [0.1, 0.15) is 24.8 Å². The summed E-state index contributed by atoms with van der Waals surface area (Å²) in [4.78, 5) is 11.6. The molecule has 3 aromatic rings. The smallest absolute Gasteiger partial charge is 0.137 e. The molecule has 6 nitrogen and oxygen atoms in total. The minimum absolute atomic E-state index is 0.326. The molecule has 0 amide bonds. The standard InChI is InChI=1S/C17H20N6/c1-13(4-8-22-9-7-18-12-22)23-11-14(10-21-23)15-2-5-19-17-16(15)3-6-20-17/h2-3,5-7,9-10,12-14H,4,8,11H2,1H3,(H,19,20). The lowest BCUT2D eigenvalue weighted by molar-refractivity contribution is 0.219. The van der Waals surface area contributed by atoms with Crippen molar-refractivity contribution in [2.45, 2.75) is 31.8 Å². The molecule has 0 aromatic carbocycles. The van der Waals surface area contributed by atoms with Crippen LogP contribution in [0.4, 0.5) is 0 Å². The molecule has 4 heterocycles. The average Bonchev–Trinajstić information content (AvgIpc) is 3.32. The highest BCUT2D eigenvalue weighted by Crippen LogP contribution is 2.27. The number of aryl methyl sites for hydroxylation is 1. The summed E-state index contributed by atoms with van der Waals surface area (Å²) in [5, 5.41) is 8.02. The van der Waals surface area contributed by atoms with Crippen LogP contribution in [0.3, 0.4) is 0 Å². The van der Waals surface area contributed by atoms with Gasteiger partial charge in [-0.3, -0.25) is 5.01 Å². The van der Waals surface area contributed by atoms with Crippen LogP contribution >= 0.6 is 0 Å². The fraction of sp³-hybridized carbons (Fsp3) is 0.353. The summed E-state index contributed by atoms with van der Waals surface area (Å²) < 4.78 is 2.11. The number of hydrogen-bond donors (Lipinski definition) is 1. The second-order valence-corrected chi connectivity index (χ2v) is 6.07. The van der Waals surface area contributed by atoms with E-state index in [9.17, 15) is 0 Å². The number of nitrogens with one attached hydrogen (secondary N) is 1. The van der Waals surface area contributed by atoms with E-state index in [-0.39, 0.29) is 0 Å². The van der Waals surface area contributed by atoms with Crippen molar-refractivity contribution in [2.75, 3.05) is 6.54 Å². The van der Waals surface area contributed by atoms with Gasteiger partial charge in [0.25, 0.3) is 0 Å². The molecule has 1 aliphatic rings. The zero-order valence-electron chi connectivity index (χ0n) is 13.1. The Morgan fingerprint density at radius 1 is 1.35 bits per heavy atom. The summed E-state index contributed by atoms with van der Waals surface area (Å²) >= 11 is 0. The van der Waals surface area contributed by atoms with E-state index in [0.717, 1.165) is 25.2 Å². The number of hydrazone groups is 1. The topological polar surface area (TPSA) is 62.1 Å². The normalized spacial score (nSPS) is 18.8. The minimum atomic E-state index is 0.326. The predicted molar refractivity (Wildman–Crippen MR) is 90.3 cm³/mol. The highest BCUT2D eigenvalue weighted by molar-refractivity contribution is 5.85. The lowest BCUT2D eigenvalue weighted by atomic mass is 9.99. The van der Waals surface area contributed by atoms with Crippen molar-refractivity contribution < 1.29 is 0 Å². The molecule has 118 valence electrons. The molecule has 23 heavy (non-hydrogen) atoms. The number of fused-ring (bicyclic) bond motifs is 1. The fourth-order valence-corrected chi connectivity index (χ4v) is 3.14. The quantitative estimate of drug-likeness (QED) is 0.788. The maximum atomic E-state index is 4.64. The third-order valence-electron chi connectivity index (χ3n) is 4.55. The first-order valence-electron chi connectivity index (χ1n) is 8.00. The second kappa shape index (κ2) is 5.87. The van der Waals surface area contributed by atoms with Gasteiger partial charge in [-0.25, -0.2) is 9.97 Å². The van der Waals surface area contributed by atoms with E-state index in [2.05, 4.69) is 54.9 Å². The van der Waals surface area contributed by atoms with Gasteiger partial charge >= 0.3 is 0 Å². The van der Waals surface area contributed by atoms with Crippen molar-refractivity contribution in [1.29, 1.82) is 0 Å². The van der Waals surface area contributed by atoms with E-state index < -0.39 is 0 Å². The van der Waals surface area contributed by atoms with Crippen molar-refractivity contribution in [3.8, 4) is 0 Å². The van der Waals surface area contributed by atoms with Gasteiger partial charge in [0.05, 0.1) is 6.33 Å². The second-order valence-electron chi connectivity index (χ2n) is 6.07. The summed E-state index contributed by atoms with van der Waals surface area (Å²) in [5.74, 6) is 0.326. The van der Waals surface area contributed by atoms with Gasteiger partial charge in [-0.15, -0.1) is 0 Å². The molecule has 0 aliphatic carbocycles. The SMILES string of the molecule is CC(CCn1ccnc1)N1CC(c2ccnc3[nH]ccc23)C=N1. The number of aromatic nitrogens is 4. The van der Waals surface area contributed by atoms with E-state index in [0.29, 0.717) is 12.0 Å². The molecule has 0 fully saturated rings. The molecule has 3 aromatic heterocycles. The zero-order valence-corrected chi connectivity index (χ0v) is 13.1. The Labute approximate surface area is 134 Å². The van der Waals surface area contributed by atoms with Gasteiger partial charge in [-0.2, -0.15) is 5.10 Å². The molecule has 6 heteroatoms. The maximum absolute atomic E-state index is 4.64. The molecule has 0 spiro atoms. The first-order valence-corrected chi connectivity index (χ1v) is 8.00. The van der Waals surface area contributed by atoms with Crippen LogP contribution in [0.2, 0.25) is 0 Å². The van der Waals surface area contributed by atoms with Crippen molar-refractivity contribution in [3.05, 3.63) is 48.8 Å². The number of aromatic amines is 1. The molecule has 2 unspecified atom stereocenters. The summed E-state index contributed by atoms with van der Waals surface area (Å²) in [6.45, 7) is 4.12. The molecule has 1 aliphatic heterocycles. The summed E-state index contributed by atoms with van der Waals surface area (Å²) in [6.07, 6.45) is 12.6. The van der Waals surface area contributed by atoms with Crippen molar-refractivity contribution in [3.63, 3.8) is 0 Å². The number of hydrogen-bond acceptors (Lipinski definition) is 4. The number of rotatable bonds is 5. The average molecular weight is 308 g/mol. The lowest BCUT2D eigenvalue weighted by Gasteiger charge is -2.24. The van der Waals surface area contributed by atoms with Crippen LogP contribution in [0.25, 0.3) is 11.0 Å². The van der Waals surface area contributed by atoms with Crippen molar-refractivity contribution in [1.82, 2.24) is 24.5 Å². The van der Waals surface area contributed by atoms with Crippen molar-refractivity contribution in [2.24, 2.45) is 5.10 Å². The summed E-state index contributed by atoms with van der Waals surface area (Å²) in [6, 6.07) is 4.60. The molecule has 0 radical (unpaired) electrons. The molecule has 0 bridgehead atoms. The zero-order chi connectivity index (χ0) is 15.6.